The van der Waals surface area contributed by atoms with Crippen LogP contribution in [-0.4, -0.2) is 108 Å². The first-order valence-corrected chi connectivity index (χ1v) is 32.6. The highest BCUT2D eigenvalue weighted by Crippen LogP contribution is 2.51. The van der Waals surface area contributed by atoms with Gasteiger partial charge in [0, 0.05) is 28.3 Å². The van der Waals surface area contributed by atoms with Gasteiger partial charge in [0.25, 0.3) is 72.0 Å². The van der Waals surface area contributed by atoms with Crippen molar-refractivity contribution in [2.45, 2.75) is 41.2 Å². The molecule has 0 radical (unpaired) electrons. The molecule has 0 saturated carbocycles. The quantitative estimate of drug-likeness (QED) is 0.00682. The van der Waals surface area contributed by atoms with Crippen LogP contribution in [0.25, 0.3) is 27.2 Å². The fourth-order valence-corrected chi connectivity index (χ4v) is 13.2. The number of nitrogen functional groups attached to an aromatic ring is 1. The molecule has 0 aliphatic heterocycles. The van der Waals surface area contributed by atoms with Crippen molar-refractivity contribution >= 4 is 174 Å². The van der Waals surface area contributed by atoms with Crippen LogP contribution in [0.1, 0.15) is 5.69 Å². The third-order valence-electron chi connectivity index (χ3n) is 11.7. The average Bonchev–Trinajstić information content (AvgIpc) is 1.23. The number of aryl methyl sites for hydroxylation is 1. The van der Waals surface area contributed by atoms with Crippen LogP contribution in [0.2, 0.25) is 10.0 Å². The molecule has 1 heterocycles. The van der Waals surface area contributed by atoms with Crippen molar-refractivity contribution in [1.82, 2.24) is 9.78 Å². The molecule has 0 spiro atoms. The summed E-state index contributed by atoms with van der Waals surface area (Å²) in [6.07, 6.45) is 0. The van der Waals surface area contributed by atoms with Gasteiger partial charge in [0.2, 0.25) is 0 Å². The Labute approximate surface area is 508 Å². The molecule has 0 aliphatic rings. The number of non-ortho nitro benzene ring substituents is 1. The van der Waals surface area contributed by atoms with Gasteiger partial charge in [-0.3, -0.25) is 47.3 Å². The van der Waals surface area contributed by atoms with E-state index in [4.69, 9.17) is 34.2 Å². The van der Waals surface area contributed by atoms with E-state index in [-0.39, 0.29) is 23.4 Å². The van der Waals surface area contributed by atoms with Crippen molar-refractivity contribution in [3.63, 3.8) is 0 Å². The maximum Gasteiger partial charge on any atom is 0.299 e. The lowest BCUT2D eigenvalue weighted by Gasteiger charge is -2.15. The lowest BCUT2D eigenvalue weighted by atomic mass is 10.0. The van der Waals surface area contributed by atoms with Gasteiger partial charge >= 0.3 is 0 Å². The van der Waals surface area contributed by atoms with E-state index >= 15 is 0 Å². The number of fused-ring (bicyclic) bond motifs is 2. The normalized spacial score (nSPS) is 13.1. The van der Waals surface area contributed by atoms with E-state index in [1.807, 2.05) is 0 Å². The lowest BCUT2D eigenvalue weighted by Crippen LogP contribution is -2.15. The summed E-state index contributed by atoms with van der Waals surface area (Å²) >= 11 is 12.1. The van der Waals surface area contributed by atoms with Gasteiger partial charge in [0.15, 0.2) is 17.2 Å². The second-order valence-corrected chi connectivity index (χ2v) is 27.1. The van der Waals surface area contributed by atoms with Crippen molar-refractivity contribution in [2.24, 2.45) is 40.9 Å². The Morgan fingerprint density at radius 2 is 1.10 bits per heavy atom. The van der Waals surface area contributed by atoms with Crippen LogP contribution in [0.4, 0.5) is 56.9 Å². The van der Waals surface area contributed by atoms with Crippen molar-refractivity contribution < 1.29 is 108 Å². The predicted molar refractivity (Wildman–Crippen MR) is 303 cm³/mol. The first-order valence-electron chi connectivity index (χ1n) is 22.5. The fraction of sp³-hybridized carbons (Fsp3) is 0.0238. The van der Waals surface area contributed by atoms with Crippen LogP contribution >= 0.6 is 35.2 Å². The number of aromatic hydroxyl groups is 2. The first kappa shape index (κ1) is 66.5. The van der Waals surface area contributed by atoms with Crippen LogP contribution in [-0.2, 0) is 70.1 Å². The number of azo groups is 4. The Morgan fingerprint density at radius 1 is 0.562 bits per heavy atom. The Kier molecular flexibility index (Phi) is 18.0. The van der Waals surface area contributed by atoms with Crippen LogP contribution in [0.3, 0.4) is 0 Å². The molecule has 468 valence electrons. The predicted octanol–water partition coefficient (Wildman–Crippen LogP) is 9.56. The van der Waals surface area contributed by atoms with Crippen LogP contribution in [0.5, 0.6) is 11.5 Å². The number of aromatic amines is 1. The average molecular weight is 1410 g/mol. The Bertz CT molecular complexity index is 5340. The maximum absolute atomic E-state index is 13.4. The zero-order valence-corrected chi connectivity index (χ0v) is 49.9. The van der Waals surface area contributed by atoms with E-state index in [0.717, 1.165) is 47.1 Å². The van der Waals surface area contributed by atoms with Crippen molar-refractivity contribution in [1.29, 1.82) is 0 Å². The minimum Gasteiger partial charge on any atom is -0.505 e. The van der Waals surface area contributed by atoms with Gasteiger partial charge in [-0.05, 0) is 73.7 Å². The molecule has 89 heavy (non-hydrogen) atoms. The number of nitro benzene ring substituents is 1. The van der Waals surface area contributed by atoms with Crippen molar-refractivity contribution in [3.05, 3.63) is 115 Å². The molecule has 0 aliphatic carbocycles. The Hall–Kier alpha value is -8.46. The van der Waals surface area contributed by atoms with Crippen molar-refractivity contribution in [2.75, 3.05) is 5.73 Å². The van der Waals surface area contributed by atoms with Gasteiger partial charge in [0.1, 0.15) is 63.5 Å². The third kappa shape index (κ3) is 13.7. The summed E-state index contributed by atoms with van der Waals surface area (Å²) < 4.78 is 217. The Balaban J connectivity index is 1.21. The van der Waals surface area contributed by atoms with Gasteiger partial charge in [0.05, 0.1) is 60.0 Å². The zero-order valence-electron chi connectivity index (χ0n) is 42.6. The largest absolute Gasteiger partial charge is 0.505 e. The number of nitro groups is 1. The Morgan fingerprint density at radius 3 is 1.67 bits per heavy atom. The molecular formula is C42H28Cl2N12O26S7. The third-order valence-corrected chi connectivity index (χ3v) is 18.4. The zero-order chi connectivity index (χ0) is 66.0. The van der Waals surface area contributed by atoms with Gasteiger partial charge in [-0.1, -0.05) is 28.2 Å². The number of hydrogen-bond donors (Lipinski definition) is 11. The number of phenols is 2. The SMILES string of the molecule is Cc1[nH]n(-c2cc(Cl)c(S(=O)(=O)O)cc2Cl)c(=O)c1N=Nc1ccc(N=Nc2c(S(=O)(=O)O)cc3c(S(=O)(=O)O)c(N=Nc4cc(S(=O)(=O)O)c5cc(SOOO)c(N=Nc6ccc([N+](=O)[O-])cc6S(=O)(=O)O)c(O)c5c4N)ccc3c2O)cc1S(=O)(=O)O. The molecule has 1 aromatic heterocycles. The van der Waals surface area contributed by atoms with Gasteiger partial charge in [-0.25, -0.2) is 9.94 Å². The number of aromatic nitrogens is 2. The molecule has 8 rings (SSSR count). The van der Waals surface area contributed by atoms with Gasteiger partial charge in [-0.2, -0.15) is 55.6 Å². The number of rotatable bonds is 19. The van der Waals surface area contributed by atoms with E-state index in [1.54, 1.807) is 0 Å². The summed E-state index contributed by atoms with van der Waals surface area (Å²) in [6.45, 7) is 1.29. The number of H-pyrrole nitrogens is 1. The number of benzene rings is 7. The summed E-state index contributed by atoms with van der Waals surface area (Å²) in [6, 6.07) is 8.74. The molecular weight excluding hydrogens is 1380 g/mol. The number of nitrogens with one attached hydrogen (secondary N) is 1. The number of nitrogens with two attached hydrogens (primary N) is 1. The number of hydrogen-bond acceptors (Lipinski definition) is 30. The number of phenolic OH excluding ortho intramolecular Hbond substituents is 2. The second kappa shape index (κ2) is 24.1. The molecule has 0 fully saturated rings. The number of halogens is 2. The molecule has 0 saturated heterocycles. The minimum atomic E-state index is -5.74. The highest BCUT2D eigenvalue weighted by atomic mass is 35.5. The molecule has 7 aromatic carbocycles. The molecule has 38 nitrogen and oxygen atoms in total. The first-order chi connectivity index (χ1) is 41.1. The lowest BCUT2D eigenvalue weighted by molar-refractivity contribution is -0.432. The van der Waals surface area contributed by atoms with E-state index in [1.165, 1.54) is 6.92 Å². The highest BCUT2D eigenvalue weighted by molar-refractivity contribution is 7.94. The van der Waals surface area contributed by atoms with Crippen LogP contribution in [0.15, 0.2) is 159 Å². The van der Waals surface area contributed by atoms with Gasteiger partial charge in [-0.15, -0.1) is 40.1 Å². The summed E-state index contributed by atoms with van der Waals surface area (Å²) in [7, 11) is -32.4. The summed E-state index contributed by atoms with van der Waals surface area (Å²) in [5.41, 5.74) is -3.36. The number of anilines is 1. The smallest absolute Gasteiger partial charge is 0.299 e. The fourth-order valence-electron chi connectivity index (χ4n) is 7.94. The molecule has 0 atom stereocenters. The molecule has 8 aromatic rings. The monoisotopic (exact) mass is 1410 g/mol. The number of nitrogens with zero attached hydrogens (tertiary/aromatic N) is 10. The molecule has 0 bridgehead atoms. The molecule has 0 amide bonds. The topological polar surface area (TPSA) is 611 Å². The summed E-state index contributed by atoms with van der Waals surface area (Å²) in [4.78, 5) is 15.9. The van der Waals surface area contributed by atoms with E-state index in [9.17, 15) is 103 Å². The second-order valence-electron chi connectivity index (χ2n) is 17.3. The van der Waals surface area contributed by atoms with Gasteiger partial charge < -0.3 is 15.9 Å². The van der Waals surface area contributed by atoms with Crippen LogP contribution < -0.4 is 11.3 Å². The van der Waals surface area contributed by atoms with E-state index in [2.05, 4.69) is 55.4 Å². The molecule has 47 heteroatoms. The standard InChI is InChI=1S/C42H28Cl2N12O26S7/c1-15-36(42(59)55(54-15)27-12-22(44)30(13-21(27)43)85(66,67)68)51-47-23-5-2-16(8-31(23)86(69,70)71)46-53-38-33(88(75,76)77)11-19-18(39(38)57)4-7-25(41(19)89(78,79)80)49-50-26-14-29(84(63,64)65)20-10-28(83-82-81-62)37(40(58)34(20)35(26)45)52-48-24-6-3-17(56(60)61)9-32(24)87(72,73)74/h2-14,54,57-58,62H,45H2,1H3,(H,63,64,65)(H,66,67,68)(H,69,70,71)(H,72,73,74)(H,75,76,77)(H,78,79,80). The van der Waals surface area contributed by atoms with Crippen LogP contribution in [0, 0.1) is 17.0 Å². The maximum atomic E-state index is 13.4. The van der Waals surface area contributed by atoms with E-state index < -0.39 is 205 Å². The highest BCUT2D eigenvalue weighted by Gasteiger charge is 2.31. The minimum absolute atomic E-state index is 0.0474. The molecule has 12 N–H and O–H groups in total. The summed E-state index contributed by atoms with van der Waals surface area (Å²) in [5.74, 6) is -2.59. The molecule has 0 unspecified atom stereocenters. The van der Waals surface area contributed by atoms with Crippen molar-refractivity contribution in [3.8, 4) is 17.2 Å². The van der Waals surface area contributed by atoms with E-state index in [0.29, 0.717) is 36.4 Å². The summed E-state index contributed by atoms with van der Waals surface area (Å²) in [5, 5.41) is 74.5.